The SMILES string of the molecule is COC(=O)c1cc(-c2ccc(Cl)cc2)nc2ccc(C(F)(F)F)cc12. The van der Waals surface area contributed by atoms with Crippen molar-refractivity contribution >= 4 is 28.5 Å². The van der Waals surface area contributed by atoms with Crippen LogP contribution in [0.3, 0.4) is 0 Å². The van der Waals surface area contributed by atoms with E-state index in [1.54, 1.807) is 24.3 Å². The van der Waals surface area contributed by atoms with E-state index in [0.717, 1.165) is 12.1 Å². The largest absolute Gasteiger partial charge is 0.465 e. The maximum atomic E-state index is 13.0. The van der Waals surface area contributed by atoms with Crippen molar-refractivity contribution in [3.63, 3.8) is 0 Å². The summed E-state index contributed by atoms with van der Waals surface area (Å²) in [5, 5.41) is 0.618. The molecule has 0 spiro atoms. The lowest BCUT2D eigenvalue weighted by Gasteiger charge is -2.12. The van der Waals surface area contributed by atoms with Crippen LogP contribution in [-0.4, -0.2) is 18.1 Å². The van der Waals surface area contributed by atoms with Crippen molar-refractivity contribution in [3.8, 4) is 11.3 Å². The number of esters is 1. The van der Waals surface area contributed by atoms with Gasteiger partial charge in [-0.1, -0.05) is 23.7 Å². The predicted octanol–water partition coefficient (Wildman–Crippen LogP) is 5.36. The van der Waals surface area contributed by atoms with Crippen LogP contribution in [0.4, 0.5) is 13.2 Å². The second kappa shape index (κ2) is 6.37. The van der Waals surface area contributed by atoms with Crippen molar-refractivity contribution in [2.24, 2.45) is 0 Å². The number of carbonyl (C=O) groups excluding carboxylic acids is 1. The van der Waals surface area contributed by atoms with Crippen molar-refractivity contribution < 1.29 is 22.7 Å². The molecule has 0 aliphatic heterocycles. The van der Waals surface area contributed by atoms with Gasteiger partial charge in [0, 0.05) is 16.0 Å². The molecule has 0 unspecified atom stereocenters. The summed E-state index contributed by atoms with van der Waals surface area (Å²) in [6.45, 7) is 0. The van der Waals surface area contributed by atoms with Gasteiger partial charge in [0.2, 0.25) is 0 Å². The fraction of sp³-hybridized carbons (Fsp3) is 0.111. The lowest BCUT2D eigenvalue weighted by Crippen LogP contribution is -2.07. The molecule has 3 rings (SSSR count). The van der Waals surface area contributed by atoms with E-state index in [1.165, 1.54) is 19.2 Å². The molecule has 0 amide bonds. The number of nitrogens with zero attached hydrogens (tertiary/aromatic N) is 1. The van der Waals surface area contributed by atoms with Crippen molar-refractivity contribution in [2.75, 3.05) is 7.11 Å². The molecule has 0 fully saturated rings. The molecule has 1 aromatic heterocycles. The predicted molar refractivity (Wildman–Crippen MR) is 88.5 cm³/mol. The third-order valence-corrected chi connectivity index (χ3v) is 3.93. The van der Waals surface area contributed by atoms with E-state index >= 15 is 0 Å². The summed E-state index contributed by atoms with van der Waals surface area (Å²) in [6, 6.07) is 11.2. The van der Waals surface area contributed by atoms with E-state index in [-0.39, 0.29) is 16.5 Å². The van der Waals surface area contributed by atoms with E-state index in [9.17, 15) is 18.0 Å². The Morgan fingerprint density at radius 1 is 1.08 bits per heavy atom. The van der Waals surface area contributed by atoms with Gasteiger partial charge in [0.05, 0.1) is 29.4 Å². The highest BCUT2D eigenvalue weighted by atomic mass is 35.5. The number of pyridine rings is 1. The summed E-state index contributed by atoms with van der Waals surface area (Å²) in [4.78, 5) is 16.4. The zero-order chi connectivity index (χ0) is 18.2. The average Bonchev–Trinajstić information content (AvgIpc) is 2.59. The first-order chi connectivity index (χ1) is 11.8. The Bertz CT molecular complexity index is 953. The Hall–Kier alpha value is -2.60. The molecule has 0 aliphatic rings. The minimum absolute atomic E-state index is 0.0172. The van der Waals surface area contributed by atoms with Gasteiger partial charge in [-0.3, -0.25) is 0 Å². The third-order valence-electron chi connectivity index (χ3n) is 3.68. The Balaban J connectivity index is 2.26. The molecule has 0 saturated carbocycles. The molecule has 0 radical (unpaired) electrons. The van der Waals surface area contributed by atoms with E-state index in [2.05, 4.69) is 4.98 Å². The number of fused-ring (bicyclic) bond motifs is 1. The Morgan fingerprint density at radius 2 is 1.76 bits per heavy atom. The molecule has 0 atom stereocenters. The minimum Gasteiger partial charge on any atom is -0.465 e. The summed E-state index contributed by atoms with van der Waals surface area (Å²) in [7, 11) is 1.17. The highest BCUT2D eigenvalue weighted by molar-refractivity contribution is 6.30. The van der Waals surface area contributed by atoms with Gasteiger partial charge in [0.25, 0.3) is 0 Å². The van der Waals surface area contributed by atoms with Crippen molar-refractivity contribution in [1.82, 2.24) is 4.98 Å². The lowest BCUT2D eigenvalue weighted by molar-refractivity contribution is -0.137. The van der Waals surface area contributed by atoms with E-state index in [4.69, 9.17) is 16.3 Å². The summed E-state index contributed by atoms with van der Waals surface area (Å²) < 4.78 is 43.6. The van der Waals surface area contributed by atoms with Gasteiger partial charge in [-0.05, 0) is 36.4 Å². The number of aromatic nitrogens is 1. The van der Waals surface area contributed by atoms with Gasteiger partial charge in [-0.15, -0.1) is 0 Å². The first kappa shape index (κ1) is 17.2. The van der Waals surface area contributed by atoms with Crippen LogP contribution in [0.1, 0.15) is 15.9 Å². The molecular formula is C18H11ClF3NO2. The molecule has 3 aromatic rings. The quantitative estimate of drug-likeness (QED) is 0.574. The fourth-order valence-corrected chi connectivity index (χ4v) is 2.58. The Morgan fingerprint density at radius 3 is 2.36 bits per heavy atom. The van der Waals surface area contributed by atoms with Gasteiger partial charge >= 0.3 is 12.1 Å². The van der Waals surface area contributed by atoms with Crippen LogP contribution in [-0.2, 0) is 10.9 Å². The van der Waals surface area contributed by atoms with Crippen molar-refractivity contribution in [3.05, 3.63) is 64.7 Å². The number of carbonyl (C=O) groups is 1. The van der Waals surface area contributed by atoms with Crippen LogP contribution < -0.4 is 0 Å². The monoisotopic (exact) mass is 365 g/mol. The van der Waals surface area contributed by atoms with Gasteiger partial charge in [-0.2, -0.15) is 13.2 Å². The summed E-state index contributed by atoms with van der Waals surface area (Å²) in [5.74, 6) is -0.734. The van der Waals surface area contributed by atoms with Gasteiger partial charge in [0.1, 0.15) is 0 Å². The number of methoxy groups -OCH3 is 1. The molecule has 0 N–H and O–H groups in total. The first-order valence-corrected chi connectivity index (χ1v) is 7.53. The number of alkyl halides is 3. The summed E-state index contributed by atoms with van der Waals surface area (Å²) in [6.07, 6.45) is -4.52. The van der Waals surface area contributed by atoms with Crippen molar-refractivity contribution in [1.29, 1.82) is 0 Å². The molecule has 0 aliphatic carbocycles. The molecular weight excluding hydrogens is 355 g/mol. The zero-order valence-electron chi connectivity index (χ0n) is 12.9. The van der Waals surface area contributed by atoms with Crippen LogP contribution in [0.5, 0.6) is 0 Å². The molecule has 128 valence electrons. The highest BCUT2D eigenvalue weighted by Gasteiger charge is 2.31. The maximum absolute atomic E-state index is 13.0. The fourth-order valence-electron chi connectivity index (χ4n) is 2.45. The van der Waals surface area contributed by atoms with Crippen LogP contribution in [0.25, 0.3) is 22.2 Å². The number of hydrogen-bond donors (Lipinski definition) is 0. The zero-order valence-corrected chi connectivity index (χ0v) is 13.7. The summed E-state index contributed by atoms with van der Waals surface area (Å²) in [5.41, 5.74) is 0.538. The lowest BCUT2D eigenvalue weighted by atomic mass is 10.0. The minimum atomic E-state index is -4.52. The first-order valence-electron chi connectivity index (χ1n) is 7.16. The molecule has 3 nitrogen and oxygen atoms in total. The van der Waals surface area contributed by atoms with Crippen LogP contribution in [0.15, 0.2) is 48.5 Å². The van der Waals surface area contributed by atoms with Crippen LogP contribution in [0, 0.1) is 0 Å². The van der Waals surface area contributed by atoms with Gasteiger partial charge in [-0.25, -0.2) is 9.78 Å². The Kier molecular flexibility index (Phi) is 4.39. The number of halogens is 4. The van der Waals surface area contributed by atoms with Crippen molar-refractivity contribution in [2.45, 2.75) is 6.18 Å². The van der Waals surface area contributed by atoms with Gasteiger partial charge in [0.15, 0.2) is 0 Å². The number of ether oxygens (including phenoxy) is 1. The molecule has 2 aromatic carbocycles. The van der Waals surface area contributed by atoms with E-state index in [1.807, 2.05) is 0 Å². The maximum Gasteiger partial charge on any atom is 0.416 e. The van der Waals surface area contributed by atoms with E-state index in [0.29, 0.717) is 16.3 Å². The molecule has 0 bridgehead atoms. The normalized spacial score (nSPS) is 11.6. The number of rotatable bonds is 2. The second-order valence-corrected chi connectivity index (χ2v) is 5.72. The standard InChI is InChI=1S/C18H11ClF3NO2/c1-25-17(24)14-9-16(10-2-5-12(19)6-3-10)23-15-7-4-11(8-13(14)15)18(20,21)22/h2-9H,1H3. The van der Waals surface area contributed by atoms with E-state index < -0.39 is 17.7 Å². The Labute approximate surface area is 146 Å². The smallest absolute Gasteiger partial charge is 0.416 e. The molecule has 1 heterocycles. The number of hydrogen-bond acceptors (Lipinski definition) is 3. The third kappa shape index (κ3) is 3.44. The molecule has 7 heteroatoms. The average molecular weight is 366 g/mol. The van der Waals surface area contributed by atoms with Gasteiger partial charge < -0.3 is 4.74 Å². The highest BCUT2D eigenvalue weighted by Crippen LogP contribution is 2.33. The molecule has 0 saturated heterocycles. The topological polar surface area (TPSA) is 39.2 Å². The summed E-state index contributed by atoms with van der Waals surface area (Å²) >= 11 is 5.86. The second-order valence-electron chi connectivity index (χ2n) is 5.28. The van der Waals surface area contributed by atoms with Crippen LogP contribution in [0.2, 0.25) is 5.02 Å². The molecule has 25 heavy (non-hydrogen) atoms. The number of benzene rings is 2. The van der Waals surface area contributed by atoms with Crippen LogP contribution >= 0.6 is 11.6 Å².